The molecule has 2 aromatic rings. The second kappa shape index (κ2) is 7.02. The van der Waals surface area contributed by atoms with Crippen molar-refractivity contribution in [1.29, 1.82) is 0 Å². The van der Waals surface area contributed by atoms with Crippen LogP contribution in [-0.4, -0.2) is 23.9 Å². The second-order valence-corrected chi connectivity index (χ2v) is 6.94. The standard InChI is InChI=1S/C15H17BrN2OS/c1-11-9-13(20-14(11)16)15(19)18(8-7-17)10-12-5-3-2-4-6-12/h2-6,9H,7-8,10,17H2,1H3. The summed E-state index contributed by atoms with van der Waals surface area (Å²) < 4.78 is 1.01. The predicted octanol–water partition coefficient (Wildman–Crippen LogP) is 3.42. The van der Waals surface area contributed by atoms with Crippen LogP contribution in [0.3, 0.4) is 0 Å². The van der Waals surface area contributed by atoms with Gasteiger partial charge in [0.25, 0.3) is 5.91 Å². The fourth-order valence-corrected chi connectivity index (χ4v) is 3.44. The Morgan fingerprint density at radius 3 is 2.60 bits per heavy atom. The maximum atomic E-state index is 12.6. The number of halogens is 1. The van der Waals surface area contributed by atoms with Crippen molar-refractivity contribution >= 4 is 33.2 Å². The highest BCUT2D eigenvalue weighted by Crippen LogP contribution is 2.28. The van der Waals surface area contributed by atoms with E-state index in [1.54, 1.807) is 4.90 Å². The van der Waals surface area contributed by atoms with Crippen molar-refractivity contribution < 1.29 is 4.79 Å². The summed E-state index contributed by atoms with van der Waals surface area (Å²) in [6.07, 6.45) is 0. The van der Waals surface area contributed by atoms with Crippen LogP contribution in [-0.2, 0) is 6.54 Å². The molecule has 2 N–H and O–H groups in total. The first-order valence-electron chi connectivity index (χ1n) is 6.41. The molecular formula is C15H17BrN2OS. The summed E-state index contributed by atoms with van der Waals surface area (Å²) in [5.41, 5.74) is 7.84. The number of hydrogen-bond acceptors (Lipinski definition) is 3. The van der Waals surface area contributed by atoms with Crippen LogP contribution in [0.5, 0.6) is 0 Å². The Morgan fingerprint density at radius 1 is 1.35 bits per heavy atom. The summed E-state index contributed by atoms with van der Waals surface area (Å²) in [5, 5.41) is 0. The summed E-state index contributed by atoms with van der Waals surface area (Å²) in [4.78, 5) is 15.1. The number of thiophene rings is 1. The summed E-state index contributed by atoms with van der Waals surface area (Å²) in [6.45, 7) is 3.60. The first kappa shape index (κ1) is 15.2. The average molecular weight is 353 g/mol. The van der Waals surface area contributed by atoms with Gasteiger partial charge in [0, 0.05) is 19.6 Å². The van der Waals surface area contributed by atoms with E-state index in [4.69, 9.17) is 5.73 Å². The van der Waals surface area contributed by atoms with Gasteiger partial charge in [0.1, 0.15) is 0 Å². The van der Waals surface area contributed by atoms with Gasteiger partial charge in [-0.2, -0.15) is 0 Å². The highest BCUT2D eigenvalue weighted by Gasteiger charge is 2.18. The molecule has 0 spiro atoms. The lowest BCUT2D eigenvalue weighted by molar-refractivity contribution is 0.0753. The van der Waals surface area contributed by atoms with E-state index in [2.05, 4.69) is 15.9 Å². The molecule has 106 valence electrons. The minimum atomic E-state index is 0.0399. The largest absolute Gasteiger partial charge is 0.332 e. The Bertz CT molecular complexity index is 563. The Balaban J connectivity index is 2.17. The zero-order chi connectivity index (χ0) is 14.5. The fourth-order valence-electron chi connectivity index (χ4n) is 1.93. The second-order valence-electron chi connectivity index (χ2n) is 4.57. The van der Waals surface area contributed by atoms with Gasteiger partial charge in [0.15, 0.2) is 0 Å². The SMILES string of the molecule is Cc1cc(C(=O)N(CCN)Cc2ccccc2)sc1Br. The molecular weight excluding hydrogens is 336 g/mol. The Morgan fingerprint density at radius 2 is 2.05 bits per heavy atom. The van der Waals surface area contributed by atoms with Gasteiger partial charge in [-0.15, -0.1) is 11.3 Å². The third-order valence-corrected chi connectivity index (χ3v) is 5.10. The van der Waals surface area contributed by atoms with E-state index < -0.39 is 0 Å². The third kappa shape index (κ3) is 3.69. The number of aryl methyl sites for hydroxylation is 1. The maximum absolute atomic E-state index is 12.6. The van der Waals surface area contributed by atoms with Gasteiger partial charge in [0.05, 0.1) is 8.66 Å². The van der Waals surface area contributed by atoms with Gasteiger partial charge in [-0.3, -0.25) is 4.79 Å². The van der Waals surface area contributed by atoms with Crippen LogP contribution >= 0.6 is 27.3 Å². The Hall–Kier alpha value is -1.17. The van der Waals surface area contributed by atoms with E-state index in [1.807, 2.05) is 43.3 Å². The molecule has 0 fully saturated rings. The minimum absolute atomic E-state index is 0.0399. The maximum Gasteiger partial charge on any atom is 0.264 e. The van der Waals surface area contributed by atoms with Gasteiger partial charge >= 0.3 is 0 Å². The van der Waals surface area contributed by atoms with Crippen molar-refractivity contribution in [1.82, 2.24) is 4.90 Å². The van der Waals surface area contributed by atoms with Crippen molar-refractivity contribution in [2.75, 3.05) is 13.1 Å². The molecule has 0 radical (unpaired) electrons. The van der Waals surface area contributed by atoms with E-state index in [9.17, 15) is 4.79 Å². The van der Waals surface area contributed by atoms with Gasteiger partial charge in [-0.1, -0.05) is 30.3 Å². The smallest absolute Gasteiger partial charge is 0.264 e. The first-order chi connectivity index (χ1) is 9.61. The van der Waals surface area contributed by atoms with Crippen molar-refractivity contribution in [3.05, 3.63) is 56.2 Å². The number of nitrogens with two attached hydrogens (primary N) is 1. The van der Waals surface area contributed by atoms with Crippen LogP contribution in [0.2, 0.25) is 0 Å². The van der Waals surface area contributed by atoms with E-state index >= 15 is 0 Å². The lowest BCUT2D eigenvalue weighted by Crippen LogP contribution is -2.34. The molecule has 0 aliphatic rings. The molecule has 5 heteroatoms. The Labute approximate surface area is 131 Å². The average Bonchev–Trinajstić information content (AvgIpc) is 2.78. The van der Waals surface area contributed by atoms with Crippen LogP contribution in [0.25, 0.3) is 0 Å². The molecule has 2 rings (SSSR count). The summed E-state index contributed by atoms with van der Waals surface area (Å²) >= 11 is 4.93. The molecule has 0 saturated carbocycles. The summed E-state index contributed by atoms with van der Waals surface area (Å²) in [6, 6.07) is 11.9. The van der Waals surface area contributed by atoms with Gasteiger partial charge in [-0.05, 0) is 40.0 Å². The highest BCUT2D eigenvalue weighted by atomic mass is 79.9. The van der Waals surface area contributed by atoms with Gasteiger partial charge in [0.2, 0.25) is 0 Å². The molecule has 0 saturated heterocycles. The third-order valence-electron chi connectivity index (χ3n) is 2.97. The van der Waals surface area contributed by atoms with E-state index in [1.165, 1.54) is 11.3 Å². The molecule has 0 aliphatic carbocycles. The van der Waals surface area contributed by atoms with Crippen LogP contribution in [0, 0.1) is 6.92 Å². The molecule has 1 amide bonds. The molecule has 0 bridgehead atoms. The summed E-state index contributed by atoms with van der Waals surface area (Å²) in [7, 11) is 0. The topological polar surface area (TPSA) is 46.3 Å². The lowest BCUT2D eigenvalue weighted by Gasteiger charge is -2.21. The number of benzene rings is 1. The lowest BCUT2D eigenvalue weighted by atomic mass is 10.2. The molecule has 20 heavy (non-hydrogen) atoms. The zero-order valence-electron chi connectivity index (χ0n) is 11.3. The van der Waals surface area contributed by atoms with Crippen molar-refractivity contribution in [3.63, 3.8) is 0 Å². The molecule has 0 aliphatic heterocycles. The number of nitrogens with zero attached hydrogens (tertiary/aromatic N) is 1. The monoisotopic (exact) mass is 352 g/mol. The predicted molar refractivity (Wildman–Crippen MR) is 87.0 cm³/mol. The van der Waals surface area contributed by atoms with E-state index in [0.717, 1.165) is 19.8 Å². The van der Waals surface area contributed by atoms with Gasteiger partial charge < -0.3 is 10.6 Å². The number of carbonyl (C=O) groups excluding carboxylic acids is 1. The quantitative estimate of drug-likeness (QED) is 0.895. The van der Waals surface area contributed by atoms with Crippen molar-refractivity contribution in [3.8, 4) is 0 Å². The molecule has 0 atom stereocenters. The van der Waals surface area contributed by atoms with Crippen LogP contribution in [0.15, 0.2) is 40.2 Å². The number of amides is 1. The summed E-state index contributed by atoms with van der Waals surface area (Å²) in [5.74, 6) is 0.0399. The number of hydrogen-bond donors (Lipinski definition) is 1. The Kier molecular flexibility index (Phi) is 5.34. The van der Waals surface area contributed by atoms with Crippen molar-refractivity contribution in [2.45, 2.75) is 13.5 Å². The molecule has 1 aromatic carbocycles. The number of rotatable bonds is 5. The molecule has 0 unspecified atom stereocenters. The van der Waals surface area contributed by atoms with Crippen LogP contribution < -0.4 is 5.73 Å². The molecule has 1 aromatic heterocycles. The normalized spacial score (nSPS) is 10.6. The molecule has 1 heterocycles. The number of carbonyl (C=O) groups is 1. The van der Waals surface area contributed by atoms with Gasteiger partial charge in [-0.25, -0.2) is 0 Å². The first-order valence-corrected chi connectivity index (χ1v) is 8.02. The minimum Gasteiger partial charge on any atom is -0.332 e. The molecule has 3 nitrogen and oxygen atoms in total. The van der Waals surface area contributed by atoms with E-state index in [0.29, 0.717) is 19.6 Å². The van der Waals surface area contributed by atoms with Crippen LogP contribution in [0.4, 0.5) is 0 Å². The fraction of sp³-hybridized carbons (Fsp3) is 0.267. The van der Waals surface area contributed by atoms with Crippen molar-refractivity contribution in [2.24, 2.45) is 5.73 Å². The van der Waals surface area contributed by atoms with Crippen LogP contribution in [0.1, 0.15) is 20.8 Å². The highest BCUT2D eigenvalue weighted by molar-refractivity contribution is 9.11. The zero-order valence-corrected chi connectivity index (χ0v) is 13.7. The van der Waals surface area contributed by atoms with E-state index in [-0.39, 0.29) is 5.91 Å².